The smallest absolute Gasteiger partial charge is 0.253 e. The van der Waals surface area contributed by atoms with Gasteiger partial charge < -0.3 is 11.1 Å². The third-order valence-electron chi connectivity index (χ3n) is 4.00. The van der Waals surface area contributed by atoms with Crippen molar-refractivity contribution in [2.75, 3.05) is 12.3 Å². The number of rotatable bonds is 3. The molecule has 0 aromatic heterocycles. The van der Waals surface area contributed by atoms with E-state index in [9.17, 15) is 4.79 Å². The molecule has 1 aromatic carbocycles. The van der Waals surface area contributed by atoms with Crippen LogP contribution in [0.15, 0.2) is 22.7 Å². The van der Waals surface area contributed by atoms with E-state index in [1.807, 2.05) is 6.07 Å². The number of anilines is 1. The van der Waals surface area contributed by atoms with Crippen LogP contribution in [0.4, 0.5) is 5.69 Å². The summed E-state index contributed by atoms with van der Waals surface area (Å²) in [5.74, 6) is -0.0781. The lowest BCUT2D eigenvalue weighted by Crippen LogP contribution is -2.37. The van der Waals surface area contributed by atoms with Crippen molar-refractivity contribution in [3.05, 3.63) is 28.2 Å². The topological polar surface area (TPSA) is 55.1 Å². The van der Waals surface area contributed by atoms with Crippen molar-refractivity contribution in [2.45, 2.75) is 39.0 Å². The van der Waals surface area contributed by atoms with E-state index in [2.05, 4.69) is 28.2 Å². The summed E-state index contributed by atoms with van der Waals surface area (Å²) in [7, 11) is 0. The zero-order valence-corrected chi connectivity index (χ0v) is 12.9. The lowest BCUT2D eigenvalue weighted by Gasteiger charge is -2.33. The first-order valence-corrected chi connectivity index (χ1v) is 7.63. The third kappa shape index (κ3) is 3.72. The van der Waals surface area contributed by atoms with Crippen LogP contribution in [0.1, 0.15) is 49.4 Å². The highest BCUT2D eigenvalue weighted by Gasteiger charge is 2.27. The predicted octanol–water partition coefficient (Wildman–Crippen LogP) is 3.73. The number of halogens is 1. The van der Waals surface area contributed by atoms with Crippen LogP contribution in [-0.4, -0.2) is 12.5 Å². The van der Waals surface area contributed by atoms with Gasteiger partial charge >= 0.3 is 0 Å². The van der Waals surface area contributed by atoms with Crippen molar-refractivity contribution < 1.29 is 4.79 Å². The van der Waals surface area contributed by atoms with Gasteiger partial charge in [-0.15, -0.1) is 0 Å². The van der Waals surface area contributed by atoms with Crippen LogP contribution in [0.2, 0.25) is 0 Å². The van der Waals surface area contributed by atoms with E-state index in [-0.39, 0.29) is 11.3 Å². The molecule has 1 saturated carbocycles. The molecule has 1 fully saturated rings. The van der Waals surface area contributed by atoms with Gasteiger partial charge in [0.1, 0.15) is 0 Å². The summed E-state index contributed by atoms with van der Waals surface area (Å²) in [5, 5.41) is 3.04. The fourth-order valence-corrected chi connectivity index (χ4v) is 3.06. The maximum absolute atomic E-state index is 12.2. The van der Waals surface area contributed by atoms with Crippen LogP contribution >= 0.6 is 15.9 Å². The molecule has 1 aliphatic carbocycles. The fourth-order valence-electron chi connectivity index (χ4n) is 2.70. The van der Waals surface area contributed by atoms with Gasteiger partial charge in [-0.05, 0) is 36.5 Å². The molecule has 1 amide bonds. The summed E-state index contributed by atoms with van der Waals surface area (Å²) >= 11 is 3.37. The minimum Gasteiger partial charge on any atom is -0.398 e. The fraction of sp³-hybridized carbons (Fsp3) is 0.533. The molecule has 0 bridgehead atoms. The Bertz CT molecular complexity index is 467. The molecule has 0 aliphatic heterocycles. The minimum atomic E-state index is -0.0781. The standard InChI is InChI=1S/C15H21BrN2O/c1-15(7-3-2-4-8-15)10-18-14(19)12-9-11(16)5-6-13(12)17/h5-6,9H,2-4,7-8,10,17H2,1H3,(H,18,19). The van der Waals surface area contributed by atoms with E-state index >= 15 is 0 Å². The van der Waals surface area contributed by atoms with Gasteiger partial charge in [0.2, 0.25) is 0 Å². The van der Waals surface area contributed by atoms with Crippen LogP contribution in [0.3, 0.4) is 0 Å². The molecular weight excluding hydrogens is 304 g/mol. The number of carbonyl (C=O) groups is 1. The summed E-state index contributed by atoms with van der Waals surface area (Å²) in [6, 6.07) is 5.36. The number of nitrogens with one attached hydrogen (secondary N) is 1. The molecule has 1 aromatic rings. The third-order valence-corrected chi connectivity index (χ3v) is 4.49. The van der Waals surface area contributed by atoms with Crippen molar-refractivity contribution in [2.24, 2.45) is 5.41 Å². The van der Waals surface area contributed by atoms with Crippen LogP contribution in [0.25, 0.3) is 0 Å². The maximum atomic E-state index is 12.2. The average Bonchev–Trinajstić information content (AvgIpc) is 2.40. The molecule has 3 N–H and O–H groups in total. The second-order valence-corrected chi connectivity index (χ2v) is 6.70. The highest BCUT2D eigenvalue weighted by atomic mass is 79.9. The Morgan fingerprint density at radius 1 is 1.37 bits per heavy atom. The SMILES string of the molecule is CC1(CNC(=O)c2cc(Br)ccc2N)CCCCC1. The number of nitrogens with two attached hydrogens (primary N) is 1. The van der Waals surface area contributed by atoms with Gasteiger partial charge in [-0.2, -0.15) is 0 Å². The molecule has 1 aliphatic rings. The second kappa shape index (κ2) is 5.95. The highest BCUT2D eigenvalue weighted by Crippen LogP contribution is 2.35. The number of hydrogen-bond donors (Lipinski definition) is 2. The minimum absolute atomic E-state index is 0.0781. The Kier molecular flexibility index (Phi) is 4.50. The van der Waals surface area contributed by atoms with E-state index in [1.165, 1.54) is 32.1 Å². The number of hydrogen-bond acceptors (Lipinski definition) is 2. The van der Waals surface area contributed by atoms with E-state index in [0.29, 0.717) is 11.3 Å². The van der Waals surface area contributed by atoms with Gasteiger partial charge in [-0.3, -0.25) is 4.79 Å². The second-order valence-electron chi connectivity index (χ2n) is 5.79. The van der Waals surface area contributed by atoms with Crippen LogP contribution in [0.5, 0.6) is 0 Å². The Balaban J connectivity index is 1.99. The van der Waals surface area contributed by atoms with Crippen LogP contribution in [0, 0.1) is 5.41 Å². The van der Waals surface area contributed by atoms with Gasteiger partial charge in [-0.1, -0.05) is 42.1 Å². The molecule has 104 valence electrons. The Morgan fingerprint density at radius 3 is 2.74 bits per heavy atom. The molecule has 0 saturated heterocycles. The first-order valence-electron chi connectivity index (χ1n) is 6.83. The summed E-state index contributed by atoms with van der Waals surface area (Å²) in [6.45, 7) is 2.99. The highest BCUT2D eigenvalue weighted by molar-refractivity contribution is 9.10. The zero-order chi connectivity index (χ0) is 13.9. The normalized spacial score (nSPS) is 18.0. The van der Waals surface area contributed by atoms with Crippen LogP contribution in [-0.2, 0) is 0 Å². The number of benzene rings is 1. The summed E-state index contributed by atoms with van der Waals surface area (Å²) in [4.78, 5) is 12.2. The molecule has 0 heterocycles. The molecular formula is C15H21BrN2O. The Morgan fingerprint density at radius 2 is 2.05 bits per heavy atom. The van der Waals surface area contributed by atoms with Crippen molar-refractivity contribution in [3.63, 3.8) is 0 Å². The van der Waals surface area contributed by atoms with Gasteiger partial charge in [0.15, 0.2) is 0 Å². The van der Waals surface area contributed by atoms with Gasteiger partial charge in [0, 0.05) is 16.7 Å². The Labute approximate surface area is 123 Å². The van der Waals surface area contributed by atoms with Crippen molar-refractivity contribution in [3.8, 4) is 0 Å². The zero-order valence-electron chi connectivity index (χ0n) is 11.3. The number of nitrogen functional groups attached to an aromatic ring is 1. The molecule has 0 unspecified atom stereocenters. The molecule has 19 heavy (non-hydrogen) atoms. The quantitative estimate of drug-likeness (QED) is 0.832. The lowest BCUT2D eigenvalue weighted by molar-refractivity contribution is 0.0920. The summed E-state index contributed by atoms with van der Waals surface area (Å²) in [5.41, 5.74) is 7.17. The van der Waals surface area contributed by atoms with Crippen molar-refractivity contribution >= 4 is 27.5 Å². The van der Waals surface area contributed by atoms with E-state index in [0.717, 1.165) is 11.0 Å². The Hall–Kier alpha value is -1.03. The van der Waals surface area contributed by atoms with E-state index in [4.69, 9.17) is 5.73 Å². The molecule has 2 rings (SSSR count). The van der Waals surface area contributed by atoms with Crippen molar-refractivity contribution in [1.82, 2.24) is 5.32 Å². The summed E-state index contributed by atoms with van der Waals surface area (Å²) < 4.78 is 0.871. The van der Waals surface area contributed by atoms with Crippen molar-refractivity contribution in [1.29, 1.82) is 0 Å². The van der Waals surface area contributed by atoms with E-state index < -0.39 is 0 Å². The maximum Gasteiger partial charge on any atom is 0.253 e. The number of amides is 1. The molecule has 4 heteroatoms. The number of carbonyl (C=O) groups excluding carboxylic acids is 1. The monoisotopic (exact) mass is 324 g/mol. The lowest BCUT2D eigenvalue weighted by atomic mass is 9.76. The summed E-state index contributed by atoms with van der Waals surface area (Å²) in [6.07, 6.45) is 6.25. The molecule has 3 nitrogen and oxygen atoms in total. The van der Waals surface area contributed by atoms with Gasteiger partial charge in [-0.25, -0.2) is 0 Å². The molecule has 0 atom stereocenters. The predicted molar refractivity (Wildman–Crippen MR) is 82.1 cm³/mol. The first-order chi connectivity index (χ1) is 9.00. The largest absolute Gasteiger partial charge is 0.398 e. The van der Waals surface area contributed by atoms with Gasteiger partial charge in [0.05, 0.1) is 5.56 Å². The van der Waals surface area contributed by atoms with Gasteiger partial charge in [0.25, 0.3) is 5.91 Å². The van der Waals surface area contributed by atoms with E-state index in [1.54, 1.807) is 12.1 Å². The average molecular weight is 325 g/mol. The van der Waals surface area contributed by atoms with Crippen LogP contribution < -0.4 is 11.1 Å². The first kappa shape index (κ1) is 14.4. The molecule has 0 radical (unpaired) electrons. The molecule has 0 spiro atoms.